The predicted octanol–water partition coefficient (Wildman–Crippen LogP) is 5.02. The van der Waals surface area contributed by atoms with E-state index in [1.54, 1.807) is 0 Å². The largest absolute Gasteiger partial charge is 0.511 e. The Bertz CT molecular complexity index is 852. The van der Waals surface area contributed by atoms with E-state index >= 15 is 0 Å². The predicted molar refractivity (Wildman–Crippen MR) is 92.2 cm³/mol. The summed E-state index contributed by atoms with van der Waals surface area (Å²) in [4.78, 5) is 16.4. The molecular formula is C20H17F2NO2. The number of hydrogen-bond donors (Lipinski definition) is 1. The lowest BCUT2D eigenvalue weighted by atomic mass is 9.81. The Labute approximate surface area is 144 Å². The van der Waals surface area contributed by atoms with E-state index in [2.05, 4.69) is 4.99 Å². The maximum atomic E-state index is 13.7. The molecule has 25 heavy (non-hydrogen) atoms. The summed E-state index contributed by atoms with van der Waals surface area (Å²) in [7, 11) is 0. The van der Waals surface area contributed by atoms with Crippen molar-refractivity contribution in [1.29, 1.82) is 0 Å². The van der Waals surface area contributed by atoms with Crippen LogP contribution in [0.2, 0.25) is 0 Å². The molecular weight excluding hydrogens is 324 g/mol. The van der Waals surface area contributed by atoms with Gasteiger partial charge in [-0.3, -0.25) is 4.79 Å². The first-order valence-corrected chi connectivity index (χ1v) is 7.97. The number of benzene rings is 2. The van der Waals surface area contributed by atoms with Gasteiger partial charge in [0.05, 0.1) is 11.3 Å². The maximum absolute atomic E-state index is 13.7. The monoisotopic (exact) mass is 341 g/mol. The zero-order chi connectivity index (χ0) is 18.0. The molecule has 3 nitrogen and oxygen atoms in total. The molecule has 0 radical (unpaired) electrons. The van der Waals surface area contributed by atoms with E-state index in [1.807, 2.05) is 30.3 Å². The number of allylic oxidation sites excluding steroid dienone is 2. The highest BCUT2D eigenvalue weighted by Crippen LogP contribution is 2.34. The van der Waals surface area contributed by atoms with Gasteiger partial charge in [0, 0.05) is 12.8 Å². The lowest BCUT2D eigenvalue weighted by Gasteiger charge is -2.23. The summed E-state index contributed by atoms with van der Waals surface area (Å²) in [5.41, 5.74) is 0.669. The van der Waals surface area contributed by atoms with Crippen molar-refractivity contribution >= 4 is 17.2 Å². The zero-order valence-electron chi connectivity index (χ0n) is 13.7. The number of carbonyl (C=O) groups is 1. The van der Waals surface area contributed by atoms with E-state index in [9.17, 15) is 18.7 Å². The molecule has 0 amide bonds. The first-order valence-electron chi connectivity index (χ1n) is 7.97. The van der Waals surface area contributed by atoms with Gasteiger partial charge in [0.25, 0.3) is 0 Å². The first kappa shape index (κ1) is 17.0. The fourth-order valence-corrected chi connectivity index (χ4v) is 3.09. The van der Waals surface area contributed by atoms with E-state index in [0.29, 0.717) is 0 Å². The van der Waals surface area contributed by atoms with Crippen LogP contribution in [0.15, 0.2) is 64.9 Å². The fraction of sp³-hybridized carbons (Fsp3) is 0.200. The van der Waals surface area contributed by atoms with Gasteiger partial charge in [-0.1, -0.05) is 36.4 Å². The van der Waals surface area contributed by atoms with Crippen LogP contribution in [-0.2, 0) is 4.79 Å². The molecule has 0 spiro atoms. The molecule has 0 fully saturated rings. The van der Waals surface area contributed by atoms with Crippen LogP contribution in [0.5, 0.6) is 0 Å². The molecule has 0 bridgehead atoms. The average molecular weight is 341 g/mol. The van der Waals surface area contributed by atoms with Gasteiger partial charge in [0.2, 0.25) is 0 Å². The highest BCUT2D eigenvalue weighted by molar-refractivity contribution is 6.23. The van der Waals surface area contributed by atoms with Crippen LogP contribution in [0.3, 0.4) is 0 Å². The van der Waals surface area contributed by atoms with Gasteiger partial charge in [0.15, 0.2) is 17.4 Å². The van der Waals surface area contributed by atoms with Crippen LogP contribution in [0.4, 0.5) is 14.5 Å². The molecule has 2 aromatic carbocycles. The van der Waals surface area contributed by atoms with Crippen LogP contribution in [0.1, 0.15) is 31.2 Å². The molecule has 128 valence electrons. The van der Waals surface area contributed by atoms with E-state index in [1.165, 1.54) is 13.0 Å². The van der Waals surface area contributed by atoms with Crippen molar-refractivity contribution in [2.75, 3.05) is 0 Å². The average Bonchev–Trinajstić information content (AvgIpc) is 2.58. The number of aliphatic hydroxyl groups is 1. The van der Waals surface area contributed by atoms with Gasteiger partial charge in [-0.15, -0.1) is 0 Å². The molecule has 0 aliphatic heterocycles. The van der Waals surface area contributed by atoms with Gasteiger partial charge in [0.1, 0.15) is 11.4 Å². The number of rotatable bonds is 3. The molecule has 1 aliphatic carbocycles. The van der Waals surface area contributed by atoms with E-state index < -0.39 is 17.3 Å². The molecule has 1 N–H and O–H groups in total. The van der Waals surface area contributed by atoms with Crippen molar-refractivity contribution in [1.82, 2.24) is 0 Å². The summed E-state index contributed by atoms with van der Waals surface area (Å²) >= 11 is 0. The molecule has 0 saturated heterocycles. The Morgan fingerprint density at radius 2 is 1.68 bits per heavy atom. The minimum Gasteiger partial charge on any atom is -0.511 e. The maximum Gasteiger partial charge on any atom is 0.168 e. The topological polar surface area (TPSA) is 49.7 Å². The van der Waals surface area contributed by atoms with Crippen LogP contribution in [-0.4, -0.2) is 16.6 Å². The van der Waals surface area contributed by atoms with Crippen LogP contribution < -0.4 is 0 Å². The van der Waals surface area contributed by atoms with Crippen molar-refractivity contribution in [3.05, 3.63) is 77.1 Å². The zero-order valence-corrected chi connectivity index (χ0v) is 13.7. The highest BCUT2D eigenvalue weighted by atomic mass is 19.1. The quantitative estimate of drug-likeness (QED) is 0.797. The first-order chi connectivity index (χ1) is 12.0. The standard InChI is InChI=1S/C20H17F2NO2/c1-12(23-20-15(21)8-5-9-16(20)22)19-17(24)10-14(11-18(19)25)13-6-3-2-4-7-13/h2-9,14,24H,10-11H2,1H3. The Morgan fingerprint density at radius 3 is 2.28 bits per heavy atom. The Hall–Kier alpha value is -2.82. The molecule has 1 aliphatic rings. The summed E-state index contributed by atoms with van der Waals surface area (Å²) in [5, 5.41) is 10.3. The van der Waals surface area contributed by atoms with Gasteiger partial charge in [-0.2, -0.15) is 0 Å². The second-order valence-electron chi connectivity index (χ2n) is 6.03. The number of Topliss-reactive ketones (excluding diaryl/α,β-unsaturated/α-hetero) is 1. The SMILES string of the molecule is CC(=Nc1c(F)cccc1F)C1=C(O)CC(c2ccccc2)CC1=O. The number of aliphatic imine (C=N–C) groups is 1. The van der Waals surface area contributed by atoms with Crippen molar-refractivity contribution in [3.8, 4) is 0 Å². The number of para-hydroxylation sites is 1. The molecule has 1 unspecified atom stereocenters. The summed E-state index contributed by atoms with van der Waals surface area (Å²) < 4.78 is 27.5. The number of hydrogen-bond acceptors (Lipinski definition) is 3. The Morgan fingerprint density at radius 1 is 1.04 bits per heavy atom. The van der Waals surface area contributed by atoms with Crippen molar-refractivity contribution in [2.24, 2.45) is 4.99 Å². The van der Waals surface area contributed by atoms with E-state index in [4.69, 9.17) is 0 Å². The summed E-state index contributed by atoms with van der Waals surface area (Å²) in [5.74, 6) is -2.12. The van der Waals surface area contributed by atoms with E-state index in [-0.39, 0.29) is 41.6 Å². The third-order valence-electron chi connectivity index (χ3n) is 4.29. The Kier molecular flexibility index (Phi) is 4.74. The molecule has 0 heterocycles. The van der Waals surface area contributed by atoms with Crippen molar-refractivity contribution in [2.45, 2.75) is 25.7 Å². The second-order valence-corrected chi connectivity index (χ2v) is 6.03. The molecule has 1 atom stereocenters. The van der Waals surface area contributed by atoms with Gasteiger partial charge in [-0.05, 0) is 30.5 Å². The van der Waals surface area contributed by atoms with Crippen LogP contribution >= 0.6 is 0 Å². The third kappa shape index (κ3) is 3.50. The summed E-state index contributed by atoms with van der Waals surface area (Å²) in [6.07, 6.45) is 0.508. The molecule has 5 heteroatoms. The molecule has 2 aromatic rings. The normalized spacial score (nSPS) is 18.6. The van der Waals surface area contributed by atoms with Crippen LogP contribution in [0.25, 0.3) is 0 Å². The number of halogens is 2. The number of carbonyl (C=O) groups excluding carboxylic acids is 1. The van der Waals surface area contributed by atoms with Gasteiger partial charge < -0.3 is 5.11 Å². The lowest BCUT2D eigenvalue weighted by Crippen LogP contribution is -2.22. The number of ketones is 1. The third-order valence-corrected chi connectivity index (χ3v) is 4.29. The summed E-state index contributed by atoms with van der Waals surface area (Å²) in [6, 6.07) is 12.9. The lowest BCUT2D eigenvalue weighted by molar-refractivity contribution is -0.116. The smallest absolute Gasteiger partial charge is 0.168 e. The minimum absolute atomic E-state index is 0.0508. The summed E-state index contributed by atoms with van der Waals surface area (Å²) in [6.45, 7) is 1.47. The van der Waals surface area contributed by atoms with Gasteiger partial charge in [-0.25, -0.2) is 13.8 Å². The van der Waals surface area contributed by atoms with Crippen molar-refractivity contribution in [3.63, 3.8) is 0 Å². The fourth-order valence-electron chi connectivity index (χ4n) is 3.09. The van der Waals surface area contributed by atoms with Gasteiger partial charge >= 0.3 is 0 Å². The highest BCUT2D eigenvalue weighted by Gasteiger charge is 2.30. The van der Waals surface area contributed by atoms with Crippen molar-refractivity contribution < 1.29 is 18.7 Å². The number of nitrogens with zero attached hydrogens (tertiary/aromatic N) is 1. The minimum atomic E-state index is -0.815. The number of aliphatic hydroxyl groups excluding tert-OH is 1. The van der Waals surface area contributed by atoms with Crippen LogP contribution in [0, 0.1) is 11.6 Å². The Balaban J connectivity index is 1.94. The molecule has 0 aromatic heterocycles. The molecule has 3 rings (SSSR count). The second kappa shape index (κ2) is 6.97. The van der Waals surface area contributed by atoms with E-state index in [0.717, 1.165) is 17.7 Å². The molecule has 0 saturated carbocycles.